The van der Waals surface area contributed by atoms with Crippen LogP contribution in [0.3, 0.4) is 0 Å². The van der Waals surface area contributed by atoms with Gasteiger partial charge in [-0.05, 0) is 0 Å². The summed E-state index contributed by atoms with van der Waals surface area (Å²) < 4.78 is 0. The van der Waals surface area contributed by atoms with E-state index in [0.29, 0.717) is 0 Å². The Bertz CT molecular complexity index is 79.2. The van der Waals surface area contributed by atoms with Crippen molar-refractivity contribution < 1.29 is 14.9 Å². The highest BCUT2D eigenvalue weighted by molar-refractivity contribution is 5.64. The van der Waals surface area contributed by atoms with Gasteiger partial charge in [0.05, 0.1) is 0 Å². The van der Waals surface area contributed by atoms with Crippen molar-refractivity contribution in [2.24, 2.45) is 0 Å². The van der Waals surface area contributed by atoms with Crippen LogP contribution < -0.4 is 0 Å². The minimum atomic E-state index is -0.690. The van der Waals surface area contributed by atoms with Crippen molar-refractivity contribution >= 4 is 5.97 Å². The standard InChI is InChI=1S/C5H10.C2H4O3/c1-2-4-5-3-1;1-2(3)5-4/h1-5H2;4H,1H3. The normalized spacial score (nSPS) is 15.4. The van der Waals surface area contributed by atoms with Crippen LogP contribution in [0.25, 0.3) is 0 Å². The van der Waals surface area contributed by atoms with Crippen LogP contribution in [0.4, 0.5) is 0 Å². The molecule has 0 saturated heterocycles. The van der Waals surface area contributed by atoms with E-state index in [1.54, 1.807) is 0 Å². The third-order valence-electron chi connectivity index (χ3n) is 1.38. The van der Waals surface area contributed by atoms with Gasteiger partial charge in [-0.15, -0.1) is 0 Å². The maximum atomic E-state index is 9.34. The minimum Gasteiger partial charge on any atom is -0.301 e. The average Bonchev–Trinajstić information content (AvgIpc) is 2.43. The first-order chi connectivity index (χ1) is 4.77. The second-order valence-corrected chi connectivity index (χ2v) is 2.35. The second-order valence-electron chi connectivity index (χ2n) is 2.35. The summed E-state index contributed by atoms with van der Waals surface area (Å²) in [6.07, 6.45) is 7.50. The molecule has 60 valence electrons. The molecule has 0 aromatic rings. The molecule has 1 fully saturated rings. The predicted molar refractivity (Wildman–Crippen MR) is 37.5 cm³/mol. The van der Waals surface area contributed by atoms with Gasteiger partial charge in [0.15, 0.2) is 0 Å². The largest absolute Gasteiger partial charge is 0.339 e. The molecule has 0 amide bonds. The van der Waals surface area contributed by atoms with E-state index in [0.717, 1.165) is 6.92 Å². The minimum absolute atomic E-state index is 0.690. The van der Waals surface area contributed by atoms with Gasteiger partial charge >= 0.3 is 5.97 Å². The lowest BCUT2D eigenvalue weighted by molar-refractivity contribution is -0.231. The molecule has 1 rings (SSSR count). The van der Waals surface area contributed by atoms with Crippen molar-refractivity contribution in [3.8, 4) is 0 Å². The number of rotatable bonds is 0. The molecule has 3 nitrogen and oxygen atoms in total. The van der Waals surface area contributed by atoms with Crippen LogP contribution in [0.1, 0.15) is 39.0 Å². The third-order valence-corrected chi connectivity index (χ3v) is 1.38. The SMILES string of the molecule is C1CCCC1.CC(=O)OO. The van der Waals surface area contributed by atoms with Crippen molar-refractivity contribution in [3.05, 3.63) is 0 Å². The number of carbonyl (C=O) groups excluding carboxylic acids is 1. The molecule has 0 aromatic carbocycles. The predicted octanol–water partition coefficient (Wildman–Crippen LogP) is 1.97. The van der Waals surface area contributed by atoms with E-state index in [1.165, 1.54) is 32.1 Å². The number of carbonyl (C=O) groups is 1. The molecule has 0 radical (unpaired) electrons. The molecule has 1 N–H and O–H groups in total. The van der Waals surface area contributed by atoms with Gasteiger partial charge in [-0.25, -0.2) is 4.79 Å². The summed E-state index contributed by atoms with van der Waals surface area (Å²) in [6, 6.07) is 0. The van der Waals surface area contributed by atoms with Crippen LogP contribution in [-0.2, 0) is 9.68 Å². The fourth-order valence-electron chi connectivity index (χ4n) is 0.884. The molecule has 1 saturated carbocycles. The van der Waals surface area contributed by atoms with E-state index in [-0.39, 0.29) is 0 Å². The van der Waals surface area contributed by atoms with Crippen LogP contribution in [-0.4, -0.2) is 11.2 Å². The smallest absolute Gasteiger partial charge is 0.301 e. The van der Waals surface area contributed by atoms with Crippen molar-refractivity contribution in [1.29, 1.82) is 0 Å². The molecule has 0 atom stereocenters. The van der Waals surface area contributed by atoms with Crippen LogP contribution in [0.15, 0.2) is 0 Å². The van der Waals surface area contributed by atoms with Gasteiger partial charge in [-0.3, -0.25) is 0 Å². The monoisotopic (exact) mass is 146 g/mol. The van der Waals surface area contributed by atoms with Crippen LogP contribution in [0.5, 0.6) is 0 Å². The van der Waals surface area contributed by atoms with Gasteiger partial charge in [0.1, 0.15) is 0 Å². The Balaban J connectivity index is 0.000000162. The fourth-order valence-corrected chi connectivity index (χ4v) is 0.884. The maximum Gasteiger partial charge on any atom is 0.339 e. The highest BCUT2D eigenvalue weighted by Crippen LogP contribution is 2.15. The van der Waals surface area contributed by atoms with Crippen molar-refractivity contribution in [2.45, 2.75) is 39.0 Å². The third kappa shape index (κ3) is 7.43. The quantitative estimate of drug-likeness (QED) is 0.420. The molecule has 3 heteroatoms. The zero-order chi connectivity index (χ0) is 7.82. The summed E-state index contributed by atoms with van der Waals surface area (Å²) in [4.78, 5) is 12.5. The molecule has 0 aliphatic heterocycles. The van der Waals surface area contributed by atoms with E-state index in [1.807, 2.05) is 0 Å². The molecule has 0 spiro atoms. The van der Waals surface area contributed by atoms with Crippen molar-refractivity contribution in [1.82, 2.24) is 0 Å². The molecule has 1 aliphatic carbocycles. The molecule has 0 bridgehead atoms. The zero-order valence-electron chi connectivity index (χ0n) is 6.30. The zero-order valence-corrected chi connectivity index (χ0v) is 6.30. The Morgan fingerprint density at radius 2 is 1.40 bits per heavy atom. The van der Waals surface area contributed by atoms with Crippen LogP contribution in [0.2, 0.25) is 0 Å². The van der Waals surface area contributed by atoms with Crippen molar-refractivity contribution in [2.75, 3.05) is 0 Å². The Kier molecular flexibility index (Phi) is 6.18. The summed E-state index contributed by atoms with van der Waals surface area (Å²) in [6.45, 7) is 1.11. The lowest BCUT2D eigenvalue weighted by Crippen LogP contribution is -1.89. The second kappa shape index (κ2) is 6.55. The molecule has 0 heterocycles. The Morgan fingerprint density at radius 3 is 1.50 bits per heavy atom. The lowest BCUT2D eigenvalue weighted by Gasteiger charge is -1.76. The first kappa shape index (κ1) is 9.43. The molecule has 1 aliphatic rings. The molecule has 0 aromatic heterocycles. The van der Waals surface area contributed by atoms with Gasteiger partial charge < -0.3 is 4.89 Å². The van der Waals surface area contributed by atoms with E-state index in [9.17, 15) is 4.79 Å². The summed E-state index contributed by atoms with van der Waals surface area (Å²) in [5.41, 5.74) is 0. The van der Waals surface area contributed by atoms with Crippen LogP contribution >= 0.6 is 0 Å². The Hall–Kier alpha value is -0.570. The van der Waals surface area contributed by atoms with Crippen molar-refractivity contribution in [3.63, 3.8) is 0 Å². The molecular formula is C7H14O3. The van der Waals surface area contributed by atoms with E-state index < -0.39 is 5.97 Å². The van der Waals surface area contributed by atoms with E-state index in [2.05, 4.69) is 4.89 Å². The van der Waals surface area contributed by atoms with E-state index in [4.69, 9.17) is 5.26 Å². The fraction of sp³-hybridized carbons (Fsp3) is 0.857. The highest BCUT2D eigenvalue weighted by Gasteiger charge is 1.95. The molecule has 0 unspecified atom stereocenters. The van der Waals surface area contributed by atoms with Crippen LogP contribution in [0, 0.1) is 0 Å². The van der Waals surface area contributed by atoms with E-state index >= 15 is 0 Å². The summed E-state index contributed by atoms with van der Waals surface area (Å²) in [5, 5.41) is 7.29. The maximum absolute atomic E-state index is 9.34. The number of hydrogen-bond donors (Lipinski definition) is 1. The Morgan fingerprint density at radius 1 is 1.20 bits per heavy atom. The van der Waals surface area contributed by atoms with Gasteiger partial charge in [0.25, 0.3) is 0 Å². The van der Waals surface area contributed by atoms with Gasteiger partial charge in [0, 0.05) is 6.92 Å². The van der Waals surface area contributed by atoms with Gasteiger partial charge in [-0.1, -0.05) is 32.1 Å². The van der Waals surface area contributed by atoms with Gasteiger partial charge in [-0.2, -0.15) is 5.26 Å². The average molecular weight is 146 g/mol. The first-order valence-electron chi connectivity index (χ1n) is 3.59. The lowest BCUT2D eigenvalue weighted by atomic mass is 10.4. The summed E-state index contributed by atoms with van der Waals surface area (Å²) >= 11 is 0. The highest BCUT2D eigenvalue weighted by atomic mass is 17.1. The Labute approximate surface area is 60.9 Å². The summed E-state index contributed by atoms with van der Waals surface area (Å²) in [5.74, 6) is -0.690. The van der Waals surface area contributed by atoms with Gasteiger partial charge in [0.2, 0.25) is 0 Å². The molecule has 10 heavy (non-hydrogen) atoms. The number of hydrogen-bond acceptors (Lipinski definition) is 3. The topological polar surface area (TPSA) is 46.5 Å². The summed E-state index contributed by atoms with van der Waals surface area (Å²) in [7, 11) is 0. The molecular weight excluding hydrogens is 132 g/mol. The first-order valence-corrected chi connectivity index (χ1v) is 3.59.